The number of nitrogens with one attached hydrogen (secondary N) is 1. The fourth-order valence-electron chi connectivity index (χ4n) is 4.00. The van der Waals surface area contributed by atoms with Crippen molar-refractivity contribution in [2.75, 3.05) is 11.9 Å². The summed E-state index contributed by atoms with van der Waals surface area (Å²) in [7, 11) is 0. The van der Waals surface area contributed by atoms with Crippen molar-refractivity contribution < 1.29 is 9.59 Å². The molecule has 0 saturated carbocycles. The highest BCUT2D eigenvalue weighted by Gasteiger charge is 2.30. The summed E-state index contributed by atoms with van der Waals surface area (Å²) < 4.78 is 0. The van der Waals surface area contributed by atoms with Crippen LogP contribution in [0.4, 0.5) is 5.13 Å². The van der Waals surface area contributed by atoms with E-state index in [2.05, 4.69) is 49.8 Å². The number of benzene rings is 2. The van der Waals surface area contributed by atoms with Crippen molar-refractivity contribution in [3.63, 3.8) is 0 Å². The van der Waals surface area contributed by atoms with Crippen LogP contribution in [0.3, 0.4) is 0 Å². The Hall–Kier alpha value is -3.25. The van der Waals surface area contributed by atoms with Crippen LogP contribution in [0.2, 0.25) is 0 Å². The molecule has 1 aromatic heterocycles. The molecule has 3 aromatic rings. The minimum absolute atomic E-state index is 0.106. The van der Waals surface area contributed by atoms with Crippen molar-refractivity contribution in [3.05, 3.63) is 76.2 Å². The van der Waals surface area contributed by atoms with Gasteiger partial charge in [0.15, 0.2) is 5.13 Å². The van der Waals surface area contributed by atoms with Crippen LogP contribution < -0.4 is 5.32 Å². The maximum Gasteiger partial charge on any atom is 0.258 e. The monoisotopic (exact) mass is 417 g/mol. The molecular formula is C24H23N3O2S. The first-order valence-electron chi connectivity index (χ1n) is 9.79. The summed E-state index contributed by atoms with van der Waals surface area (Å²) in [6, 6.07) is 11.6. The molecule has 152 valence electrons. The second kappa shape index (κ2) is 7.88. The van der Waals surface area contributed by atoms with Gasteiger partial charge >= 0.3 is 0 Å². The van der Waals surface area contributed by atoms with E-state index in [1.807, 2.05) is 23.6 Å². The molecule has 4 rings (SSSR count). The maximum absolute atomic E-state index is 12.5. The van der Waals surface area contributed by atoms with Gasteiger partial charge in [-0.1, -0.05) is 42.5 Å². The summed E-state index contributed by atoms with van der Waals surface area (Å²) in [4.78, 5) is 31.2. The predicted octanol–water partition coefficient (Wildman–Crippen LogP) is 5.19. The SMILES string of the molecule is C=C1c2ccccc2C(=O)N1CCC(=O)Nc1nc(-c2c(C)cc(C)cc2C)cs1. The Labute approximate surface area is 180 Å². The van der Waals surface area contributed by atoms with Crippen LogP contribution in [0.15, 0.2) is 48.4 Å². The Morgan fingerprint density at radius 2 is 1.80 bits per heavy atom. The van der Waals surface area contributed by atoms with Crippen molar-refractivity contribution in [1.29, 1.82) is 0 Å². The second-order valence-corrected chi connectivity index (χ2v) is 8.42. The highest BCUT2D eigenvalue weighted by Crippen LogP contribution is 2.32. The van der Waals surface area contributed by atoms with Gasteiger partial charge in [0, 0.05) is 40.7 Å². The molecule has 1 aliphatic rings. The smallest absolute Gasteiger partial charge is 0.258 e. The summed E-state index contributed by atoms with van der Waals surface area (Å²) in [6.07, 6.45) is 0.177. The van der Waals surface area contributed by atoms with Gasteiger partial charge in [-0.3, -0.25) is 9.59 Å². The first kappa shape index (κ1) is 20.0. The number of nitrogens with zero attached hydrogens (tertiary/aromatic N) is 2. The van der Waals surface area contributed by atoms with Crippen LogP contribution in [0.25, 0.3) is 17.0 Å². The molecule has 2 aromatic carbocycles. The van der Waals surface area contributed by atoms with Gasteiger partial charge in [0.1, 0.15) is 0 Å². The molecule has 0 radical (unpaired) electrons. The summed E-state index contributed by atoms with van der Waals surface area (Å²) in [5.74, 6) is -0.282. The Morgan fingerprint density at radius 1 is 1.13 bits per heavy atom. The fraction of sp³-hybridized carbons (Fsp3) is 0.208. The van der Waals surface area contributed by atoms with Gasteiger partial charge in [-0.25, -0.2) is 4.98 Å². The lowest BCUT2D eigenvalue weighted by molar-refractivity contribution is -0.116. The number of aryl methyl sites for hydroxylation is 3. The third kappa shape index (κ3) is 3.66. The number of hydrogen-bond donors (Lipinski definition) is 1. The lowest BCUT2D eigenvalue weighted by Crippen LogP contribution is -2.27. The first-order chi connectivity index (χ1) is 14.3. The van der Waals surface area contributed by atoms with Gasteiger partial charge in [-0.2, -0.15) is 0 Å². The average Bonchev–Trinajstić information content (AvgIpc) is 3.23. The summed E-state index contributed by atoms with van der Waals surface area (Å²) in [5.41, 5.74) is 7.64. The summed E-state index contributed by atoms with van der Waals surface area (Å²) in [5, 5.41) is 5.38. The van der Waals surface area contributed by atoms with E-state index in [1.165, 1.54) is 28.0 Å². The second-order valence-electron chi connectivity index (χ2n) is 7.56. The summed E-state index contributed by atoms with van der Waals surface area (Å²) in [6.45, 7) is 10.5. The van der Waals surface area contributed by atoms with E-state index >= 15 is 0 Å². The molecule has 0 fully saturated rings. The number of aromatic nitrogens is 1. The van der Waals surface area contributed by atoms with Gasteiger partial charge in [0.2, 0.25) is 5.91 Å². The number of anilines is 1. The van der Waals surface area contributed by atoms with Gasteiger partial charge < -0.3 is 10.2 Å². The molecule has 0 bridgehead atoms. The highest BCUT2D eigenvalue weighted by molar-refractivity contribution is 7.14. The first-order valence-corrected chi connectivity index (χ1v) is 10.7. The molecule has 5 nitrogen and oxygen atoms in total. The fourth-order valence-corrected chi connectivity index (χ4v) is 4.71. The van der Waals surface area contributed by atoms with Crippen LogP contribution in [0.1, 0.15) is 39.0 Å². The average molecular weight is 418 g/mol. The lowest BCUT2D eigenvalue weighted by Gasteiger charge is -2.16. The molecule has 0 spiro atoms. The number of hydrogen-bond acceptors (Lipinski definition) is 4. The number of carbonyl (C=O) groups excluding carboxylic acids is 2. The largest absolute Gasteiger partial charge is 0.308 e. The Kier molecular flexibility index (Phi) is 5.26. The zero-order valence-electron chi connectivity index (χ0n) is 17.3. The molecule has 2 amide bonds. The standard InChI is InChI=1S/C24H23N3O2S/c1-14-11-15(2)22(16(3)12-14)20-13-30-24(25-20)26-21(28)9-10-27-17(4)18-7-5-6-8-19(18)23(27)29/h5-8,11-13H,4,9-10H2,1-3H3,(H,25,26,28). The van der Waals surface area contributed by atoms with Gasteiger partial charge in [-0.05, 0) is 38.0 Å². The molecule has 0 saturated heterocycles. The highest BCUT2D eigenvalue weighted by atomic mass is 32.1. The Balaban J connectivity index is 1.41. The molecule has 0 atom stereocenters. The third-order valence-corrected chi connectivity index (χ3v) is 6.04. The Bertz CT molecular complexity index is 1120. The van der Waals surface area contributed by atoms with Crippen LogP contribution in [-0.4, -0.2) is 28.2 Å². The quantitative estimate of drug-likeness (QED) is 0.621. The predicted molar refractivity (Wildman–Crippen MR) is 122 cm³/mol. The lowest BCUT2D eigenvalue weighted by atomic mass is 9.98. The van der Waals surface area contributed by atoms with Crippen molar-refractivity contribution in [2.24, 2.45) is 0 Å². The number of carbonyl (C=O) groups is 2. The van der Waals surface area contributed by atoms with E-state index in [0.717, 1.165) is 16.8 Å². The van der Waals surface area contributed by atoms with Crippen LogP contribution in [0, 0.1) is 20.8 Å². The summed E-state index contributed by atoms with van der Waals surface area (Å²) >= 11 is 1.40. The minimum Gasteiger partial charge on any atom is -0.308 e. The van der Waals surface area contributed by atoms with E-state index in [1.54, 1.807) is 11.0 Å². The van der Waals surface area contributed by atoms with E-state index < -0.39 is 0 Å². The topological polar surface area (TPSA) is 62.3 Å². The van der Waals surface area contributed by atoms with E-state index in [0.29, 0.717) is 16.4 Å². The molecule has 0 unspecified atom stereocenters. The van der Waals surface area contributed by atoms with E-state index in [9.17, 15) is 9.59 Å². The molecular weight excluding hydrogens is 394 g/mol. The number of amides is 2. The molecule has 1 aliphatic heterocycles. The van der Waals surface area contributed by atoms with Gasteiger partial charge in [0.25, 0.3) is 5.91 Å². The zero-order chi connectivity index (χ0) is 21.4. The van der Waals surface area contributed by atoms with Crippen molar-refractivity contribution in [3.8, 4) is 11.3 Å². The number of thiazole rings is 1. The minimum atomic E-state index is -0.176. The number of fused-ring (bicyclic) bond motifs is 1. The van der Waals surface area contributed by atoms with Crippen molar-refractivity contribution >= 4 is 34.0 Å². The molecule has 2 heterocycles. The van der Waals surface area contributed by atoms with Crippen LogP contribution >= 0.6 is 11.3 Å². The van der Waals surface area contributed by atoms with Gasteiger partial charge in [-0.15, -0.1) is 11.3 Å². The van der Waals surface area contributed by atoms with Crippen molar-refractivity contribution in [1.82, 2.24) is 9.88 Å². The molecule has 0 aliphatic carbocycles. The normalized spacial score (nSPS) is 13.0. The number of rotatable bonds is 5. The van der Waals surface area contributed by atoms with Crippen LogP contribution in [0.5, 0.6) is 0 Å². The van der Waals surface area contributed by atoms with E-state index in [4.69, 9.17) is 0 Å². The van der Waals surface area contributed by atoms with Gasteiger partial charge in [0.05, 0.1) is 5.69 Å². The molecule has 6 heteroatoms. The van der Waals surface area contributed by atoms with Crippen molar-refractivity contribution in [2.45, 2.75) is 27.2 Å². The zero-order valence-corrected chi connectivity index (χ0v) is 18.1. The van der Waals surface area contributed by atoms with Crippen LogP contribution in [-0.2, 0) is 4.79 Å². The third-order valence-electron chi connectivity index (χ3n) is 5.29. The Morgan fingerprint density at radius 3 is 2.47 bits per heavy atom. The molecule has 30 heavy (non-hydrogen) atoms. The molecule has 1 N–H and O–H groups in total. The maximum atomic E-state index is 12.5. The van der Waals surface area contributed by atoms with E-state index in [-0.39, 0.29) is 24.8 Å².